The van der Waals surface area contributed by atoms with Crippen molar-refractivity contribution < 1.29 is 4.74 Å². The topological polar surface area (TPSA) is 57.2 Å². The summed E-state index contributed by atoms with van der Waals surface area (Å²) in [5.74, 6) is 0.768. The number of aryl methyl sites for hydroxylation is 1. The minimum absolute atomic E-state index is 0.0549. The fourth-order valence-corrected chi connectivity index (χ4v) is 1.81. The van der Waals surface area contributed by atoms with Crippen molar-refractivity contribution in [1.82, 2.24) is 4.57 Å². The molecule has 100 valence electrons. The molecule has 4 nitrogen and oxygen atoms in total. The summed E-state index contributed by atoms with van der Waals surface area (Å²) >= 11 is 5.78. The molecule has 0 unspecified atom stereocenters. The largest absolute Gasteiger partial charge is 0.494 e. The van der Waals surface area contributed by atoms with Crippen molar-refractivity contribution in [3.8, 4) is 5.75 Å². The smallest absolute Gasteiger partial charge is 0.250 e. The Balaban J connectivity index is 1.82. The van der Waals surface area contributed by atoms with Gasteiger partial charge in [-0.15, -0.1) is 0 Å². The first-order chi connectivity index (χ1) is 9.15. The Bertz CT molecular complexity index is 593. The molecule has 0 saturated heterocycles. The van der Waals surface area contributed by atoms with Crippen LogP contribution in [0, 0.1) is 0 Å². The van der Waals surface area contributed by atoms with Crippen LogP contribution in [0.4, 0.5) is 5.69 Å². The Morgan fingerprint density at radius 3 is 2.63 bits per heavy atom. The maximum Gasteiger partial charge on any atom is 0.250 e. The predicted octanol–water partition coefficient (Wildman–Crippen LogP) is 2.55. The summed E-state index contributed by atoms with van der Waals surface area (Å²) in [6.07, 6.45) is 2.37. The van der Waals surface area contributed by atoms with Gasteiger partial charge >= 0.3 is 0 Å². The maximum absolute atomic E-state index is 11.5. The normalized spacial score (nSPS) is 10.4. The molecule has 0 aliphatic carbocycles. The first-order valence-corrected chi connectivity index (χ1v) is 6.37. The predicted molar refractivity (Wildman–Crippen MR) is 76.7 cm³/mol. The molecular weight excluding hydrogens is 264 g/mol. The summed E-state index contributed by atoms with van der Waals surface area (Å²) in [6, 6.07) is 10.3. The van der Waals surface area contributed by atoms with Crippen LogP contribution in [0.25, 0.3) is 0 Å². The molecule has 0 aliphatic rings. The summed E-state index contributed by atoms with van der Waals surface area (Å²) in [6.45, 7) is 1.11. The van der Waals surface area contributed by atoms with Crippen molar-refractivity contribution in [3.05, 3.63) is 58.0 Å². The zero-order valence-corrected chi connectivity index (χ0v) is 11.1. The third kappa shape index (κ3) is 4.03. The Hall–Kier alpha value is -1.94. The van der Waals surface area contributed by atoms with Gasteiger partial charge in [0.25, 0.3) is 5.56 Å². The molecule has 5 heteroatoms. The van der Waals surface area contributed by atoms with E-state index in [-0.39, 0.29) is 5.56 Å². The number of hydrogen-bond acceptors (Lipinski definition) is 3. The van der Waals surface area contributed by atoms with E-state index in [0.29, 0.717) is 23.9 Å². The van der Waals surface area contributed by atoms with E-state index < -0.39 is 0 Å². The Morgan fingerprint density at radius 1 is 1.16 bits per heavy atom. The van der Waals surface area contributed by atoms with Crippen LogP contribution in [0.3, 0.4) is 0 Å². The molecule has 1 aromatic heterocycles. The van der Waals surface area contributed by atoms with Crippen molar-refractivity contribution in [2.24, 2.45) is 0 Å². The van der Waals surface area contributed by atoms with E-state index in [9.17, 15) is 4.79 Å². The van der Waals surface area contributed by atoms with Gasteiger partial charge in [-0.25, -0.2) is 0 Å². The minimum atomic E-state index is -0.0549. The average molecular weight is 279 g/mol. The first kappa shape index (κ1) is 13.5. The van der Waals surface area contributed by atoms with Crippen LogP contribution in [-0.4, -0.2) is 11.2 Å². The quantitative estimate of drug-likeness (QED) is 0.855. The van der Waals surface area contributed by atoms with Crippen molar-refractivity contribution in [3.63, 3.8) is 0 Å². The number of halogens is 1. The molecule has 2 rings (SSSR count). The molecule has 1 aromatic carbocycles. The van der Waals surface area contributed by atoms with Gasteiger partial charge in [-0.2, -0.15) is 0 Å². The van der Waals surface area contributed by atoms with Crippen molar-refractivity contribution >= 4 is 17.3 Å². The molecule has 0 radical (unpaired) electrons. The van der Waals surface area contributed by atoms with Gasteiger partial charge in [-0.1, -0.05) is 11.6 Å². The molecule has 0 aliphatic heterocycles. The first-order valence-electron chi connectivity index (χ1n) is 5.99. The SMILES string of the molecule is Nc1ccc(=O)n(CCCOc2ccc(Cl)cc2)c1. The van der Waals surface area contributed by atoms with Crippen LogP contribution in [0.1, 0.15) is 6.42 Å². The second kappa shape index (κ2) is 6.29. The van der Waals surface area contributed by atoms with E-state index in [1.807, 2.05) is 12.1 Å². The second-order valence-corrected chi connectivity index (χ2v) is 4.59. The molecule has 19 heavy (non-hydrogen) atoms. The molecule has 1 heterocycles. The van der Waals surface area contributed by atoms with Gasteiger partial charge < -0.3 is 15.0 Å². The molecule has 0 atom stereocenters. The van der Waals surface area contributed by atoms with Gasteiger partial charge in [0, 0.05) is 29.5 Å². The average Bonchev–Trinajstić information content (AvgIpc) is 2.40. The number of anilines is 1. The highest BCUT2D eigenvalue weighted by Crippen LogP contribution is 2.15. The summed E-state index contributed by atoms with van der Waals surface area (Å²) in [7, 11) is 0. The van der Waals surface area contributed by atoms with E-state index in [0.717, 1.165) is 12.2 Å². The summed E-state index contributed by atoms with van der Waals surface area (Å²) in [4.78, 5) is 11.5. The Labute approximate surface area is 116 Å². The standard InChI is InChI=1S/C14H15ClN2O2/c15-11-2-5-13(6-3-11)19-9-1-8-17-10-12(16)4-7-14(17)18/h2-7,10H,1,8-9,16H2. The third-order valence-corrected chi connectivity index (χ3v) is 2.88. The number of pyridine rings is 1. The van der Waals surface area contributed by atoms with Gasteiger partial charge in [0.1, 0.15) is 5.75 Å². The number of hydrogen-bond donors (Lipinski definition) is 1. The van der Waals surface area contributed by atoms with Gasteiger partial charge in [-0.3, -0.25) is 4.79 Å². The van der Waals surface area contributed by atoms with E-state index in [2.05, 4.69) is 0 Å². The van der Waals surface area contributed by atoms with Crippen LogP contribution in [0.2, 0.25) is 5.02 Å². The highest BCUT2D eigenvalue weighted by atomic mass is 35.5. The summed E-state index contributed by atoms with van der Waals surface area (Å²) in [5.41, 5.74) is 6.16. The number of benzene rings is 1. The van der Waals surface area contributed by atoms with Gasteiger partial charge in [0.2, 0.25) is 0 Å². The fourth-order valence-electron chi connectivity index (χ4n) is 1.68. The molecule has 0 amide bonds. The number of nitrogens with zero attached hydrogens (tertiary/aromatic N) is 1. The molecule has 2 aromatic rings. The third-order valence-electron chi connectivity index (χ3n) is 2.63. The van der Waals surface area contributed by atoms with Crippen LogP contribution in [-0.2, 0) is 6.54 Å². The molecule has 0 bridgehead atoms. The summed E-state index contributed by atoms with van der Waals surface area (Å²) < 4.78 is 7.13. The zero-order valence-electron chi connectivity index (χ0n) is 10.4. The van der Waals surface area contributed by atoms with Crippen LogP contribution < -0.4 is 16.0 Å². The Kier molecular flexibility index (Phi) is 4.47. The van der Waals surface area contributed by atoms with Crippen LogP contribution >= 0.6 is 11.6 Å². The highest BCUT2D eigenvalue weighted by Gasteiger charge is 1.98. The lowest BCUT2D eigenvalue weighted by Gasteiger charge is -2.08. The maximum atomic E-state index is 11.5. The monoisotopic (exact) mass is 278 g/mol. The molecular formula is C14H15ClN2O2. The lowest BCUT2D eigenvalue weighted by atomic mass is 10.3. The van der Waals surface area contributed by atoms with Crippen molar-refractivity contribution in [2.75, 3.05) is 12.3 Å². The molecule has 0 saturated carbocycles. The summed E-state index contributed by atoms with van der Waals surface area (Å²) in [5, 5.41) is 0.679. The number of ether oxygens (including phenoxy) is 1. The number of rotatable bonds is 5. The van der Waals surface area contributed by atoms with E-state index in [1.165, 1.54) is 6.07 Å². The molecule has 2 N–H and O–H groups in total. The van der Waals surface area contributed by atoms with E-state index >= 15 is 0 Å². The molecule has 0 fully saturated rings. The minimum Gasteiger partial charge on any atom is -0.494 e. The second-order valence-electron chi connectivity index (χ2n) is 4.15. The molecule has 0 spiro atoms. The van der Waals surface area contributed by atoms with E-state index in [1.54, 1.807) is 29.0 Å². The number of nitrogen functional groups attached to an aromatic ring is 1. The van der Waals surface area contributed by atoms with Gasteiger partial charge in [0.05, 0.1) is 6.61 Å². The van der Waals surface area contributed by atoms with Crippen LogP contribution in [0.15, 0.2) is 47.4 Å². The van der Waals surface area contributed by atoms with E-state index in [4.69, 9.17) is 22.1 Å². The van der Waals surface area contributed by atoms with Gasteiger partial charge in [-0.05, 0) is 36.8 Å². The van der Waals surface area contributed by atoms with Crippen molar-refractivity contribution in [2.45, 2.75) is 13.0 Å². The van der Waals surface area contributed by atoms with Crippen molar-refractivity contribution in [1.29, 1.82) is 0 Å². The number of nitrogens with two attached hydrogens (primary N) is 1. The van der Waals surface area contributed by atoms with Crippen LogP contribution in [0.5, 0.6) is 5.75 Å². The lowest BCUT2D eigenvalue weighted by Crippen LogP contribution is -2.20. The number of aromatic nitrogens is 1. The zero-order chi connectivity index (χ0) is 13.7. The highest BCUT2D eigenvalue weighted by molar-refractivity contribution is 6.30. The van der Waals surface area contributed by atoms with Gasteiger partial charge in [0.15, 0.2) is 0 Å². The fraction of sp³-hybridized carbons (Fsp3) is 0.214. The lowest BCUT2D eigenvalue weighted by molar-refractivity contribution is 0.301. The Morgan fingerprint density at radius 2 is 1.89 bits per heavy atom.